The average molecular weight is 375 g/mol. The molecule has 0 aromatic carbocycles. The van der Waals surface area contributed by atoms with Crippen LogP contribution in [0, 0.1) is 0 Å². The predicted octanol–water partition coefficient (Wildman–Crippen LogP) is 1.68. The zero-order valence-corrected chi connectivity index (χ0v) is 14.8. The molecule has 11 heteroatoms. The number of nitrogens with zero attached hydrogens (tertiary/aromatic N) is 1. The van der Waals surface area contributed by atoms with Crippen molar-refractivity contribution in [3.05, 3.63) is 11.6 Å². The van der Waals surface area contributed by atoms with Gasteiger partial charge in [-0.05, 0) is 0 Å². The molecule has 6 nitrogen and oxygen atoms in total. The molecular formula is C9H18N4O2S5. The summed E-state index contributed by atoms with van der Waals surface area (Å²) in [4.78, 5) is 10.0. The fraction of sp³-hybridized carbons (Fsp3) is 0.667. The second kappa shape index (κ2) is 11.1. The molecular weight excluding hydrogens is 356 g/mol. The summed E-state index contributed by atoms with van der Waals surface area (Å²) >= 11 is 13.2. The van der Waals surface area contributed by atoms with Crippen LogP contribution in [-0.2, 0) is 0 Å². The molecule has 4 N–H and O–H groups in total. The van der Waals surface area contributed by atoms with E-state index in [0.717, 1.165) is 41.2 Å². The molecule has 1 amide bonds. The first-order valence-corrected chi connectivity index (χ1v) is 9.68. The summed E-state index contributed by atoms with van der Waals surface area (Å²) in [5.74, 6) is 2.16. The van der Waals surface area contributed by atoms with Crippen molar-refractivity contribution in [2.24, 2.45) is 0 Å². The first kappa shape index (κ1) is 18.5. The van der Waals surface area contributed by atoms with Crippen LogP contribution in [0.4, 0.5) is 4.79 Å². The van der Waals surface area contributed by atoms with Gasteiger partial charge in [0.05, 0.1) is 9.16 Å². The quantitative estimate of drug-likeness (QED) is 0.283. The van der Waals surface area contributed by atoms with Crippen LogP contribution in [0.3, 0.4) is 0 Å². The number of thioether (sulfide) groups is 2. The Hall–Kier alpha value is 0.480. The predicted molar refractivity (Wildman–Crippen MR) is 96.2 cm³/mol. The van der Waals surface area contributed by atoms with Crippen LogP contribution in [0.5, 0.6) is 0 Å². The lowest BCUT2D eigenvalue weighted by atomic mass is 10.8. The van der Waals surface area contributed by atoms with Crippen LogP contribution in [0.1, 0.15) is 0 Å². The van der Waals surface area contributed by atoms with Crippen LogP contribution in [0.25, 0.3) is 0 Å². The van der Waals surface area contributed by atoms with E-state index < -0.39 is 6.09 Å². The van der Waals surface area contributed by atoms with E-state index in [9.17, 15) is 4.79 Å². The van der Waals surface area contributed by atoms with Gasteiger partial charge in [-0.1, -0.05) is 0 Å². The van der Waals surface area contributed by atoms with E-state index in [1.54, 1.807) is 11.6 Å². The molecule has 3 aliphatic heterocycles. The molecule has 0 aromatic rings. The third-order valence-corrected chi connectivity index (χ3v) is 5.83. The molecule has 3 rings (SSSR count). The molecule has 3 heterocycles. The molecule has 20 heavy (non-hydrogen) atoms. The van der Waals surface area contributed by atoms with Gasteiger partial charge >= 0.3 is 6.09 Å². The second-order valence-electron chi connectivity index (χ2n) is 3.55. The van der Waals surface area contributed by atoms with Crippen LogP contribution < -0.4 is 16.1 Å². The maximum atomic E-state index is 10.0. The van der Waals surface area contributed by atoms with Crippen LogP contribution in [0.2, 0.25) is 0 Å². The highest BCUT2D eigenvalue weighted by Crippen LogP contribution is 2.17. The van der Waals surface area contributed by atoms with Gasteiger partial charge in [-0.25, -0.2) is 4.79 Å². The summed E-state index contributed by atoms with van der Waals surface area (Å²) in [6.07, 6.45) is 0.568. The Morgan fingerprint density at radius 1 is 1.20 bits per heavy atom. The molecule has 2 fully saturated rings. The summed E-state index contributed by atoms with van der Waals surface area (Å²) < 4.78 is 2.09. The lowest BCUT2D eigenvalue weighted by Gasteiger charge is -2.07. The molecule has 0 aromatic heterocycles. The largest absolute Gasteiger partial charge is 0.463 e. The van der Waals surface area contributed by atoms with E-state index in [4.69, 9.17) is 5.11 Å². The van der Waals surface area contributed by atoms with E-state index in [1.807, 2.05) is 23.5 Å². The molecule has 3 aliphatic rings. The minimum atomic E-state index is -0.986. The van der Waals surface area contributed by atoms with E-state index in [1.165, 1.54) is 0 Å². The number of carbonyl (C=O) groups is 1. The van der Waals surface area contributed by atoms with E-state index in [2.05, 4.69) is 41.3 Å². The Balaban J connectivity index is 0.000000152. The Morgan fingerprint density at radius 2 is 1.75 bits per heavy atom. The lowest BCUT2D eigenvalue weighted by molar-refractivity contribution is 0.169. The highest BCUT2D eigenvalue weighted by Gasteiger charge is 2.11. The van der Waals surface area contributed by atoms with Crippen molar-refractivity contribution in [1.82, 2.24) is 20.5 Å². The first-order valence-electron chi connectivity index (χ1n) is 5.71. The molecule has 2 unspecified atom stereocenters. The number of amides is 1. The molecule has 0 saturated carbocycles. The van der Waals surface area contributed by atoms with E-state index >= 15 is 0 Å². The van der Waals surface area contributed by atoms with Crippen molar-refractivity contribution >= 4 is 66.8 Å². The SMILES string of the molecule is O=C(O)N1NC=CS1.SC1CNCS1.SC1CNCS1. The maximum Gasteiger partial charge on any atom is 0.437 e. The van der Waals surface area contributed by atoms with Crippen molar-refractivity contribution in [1.29, 1.82) is 0 Å². The fourth-order valence-corrected chi connectivity index (χ4v) is 3.60. The molecule has 116 valence electrons. The Labute approximate surface area is 142 Å². The smallest absolute Gasteiger partial charge is 0.437 e. The van der Waals surface area contributed by atoms with Gasteiger partial charge in [-0.2, -0.15) is 29.7 Å². The third-order valence-electron chi connectivity index (χ3n) is 1.99. The number of carboxylic acid groups (broad SMARTS) is 1. The molecule has 0 aliphatic carbocycles. The number of thiol groups is 2. The zero-order chi connectivity index (χ0) is 14.8. The van der Waals surface area contributed by atoms with Gasteiger partial charge in [-0.15, -0.1) is 23.5 Å². The van der Waals surface area contributed by atoms with E-state index in [-0.39, 0.29) is 0 Å². The topological polar surface area (TPSA) is 76.6 Å². The van der Waals surface area contributed by atoms with Gasteiger partial charge in [0.2, 0.25) is 0 Å². The summed E-state index contributed by atoms with van der Waals surface area (Å²) in [6.45, 7) is 2.13. The monoisotopic (exact) mass is 374 g/mol. The Morgan fingerprint density at radius 3 is 1.90 bits per heavy atom. The van der Waals surface area contributed by atoms with Crippen molar-refractivity contribution in [3.8, 4) is 0 Å². The summed E-state index contributed by atoms with van der Waals surface area (Å²) in [6, 6.07) is 0. The molecule has 2 saturated heterocycles. The van der Waals surface area contributed by atoms with Crippen molar-refractivity contribution in [3.63, 3.8) is 0 Å². The average Bonchev–Trinajstić information content (AvgIpc) is 3.11. The van der Waals surface area contributed by atoms with Gasteiger partial charge in [0.25, 0.3) is 0 Å². The van der Waals surface area contributed by atoms with Crippen LogP contribution in [0.15, 0.2) is 11.6 Å². The maximum absolute atomic E-state index is 10.0. The van der Waals surface area contributed by atoms with Crippen molar-refractivity contribution < 1.29 is 9.90 Å². The number of hydrogen-bond acceptors (Lipinski definition) is 9. The van der Waals surface area contributed by atoms with E-state index in [0.29, 0.717) is 9.16 Å². The minimum Gasteiger partial charge on any atom is -0.463 e. The zero-order valence-electron chi connectivity index (χ0n) is 10.6. The normalized spacial score (nSPS) is 27.2. The van der Waals surface area contributed by atoms with Crippen LogP contribution >= 0.6 is 60.7 Å². The van der Waals surface area contributed by atoms with Gasteiger partial charge in [0, 0.05) is 48.4 Å². The third kappa shape index (κ3) is 8.70. The minimum absolute atomic E-state index is 0.546. The second-order valence-corrected chi connectivity index (χ2v) is 8.73. The van der Waals surface area contributed by atoms with Gasteiger partial charge < -0.3 is 15.7 Å². The molecule has 2 atom stereocenters. The molecule has 0 spiro atoms. The van der Waals surface area contributed by atoms with Crippen molar-refractivity contribution in [2.75, 3.05) is 24.8 Å². The number of hydrazine groups is 1. The highest BCUT2D eigenvalue weighted by molar-refractivity contribution is 8.10. The highest BCUT2D eigenvalue weighted by atomic mass is 32.2. The summed E-state index contributed by atoms with van der Waals surface area (Å²) in [5, 5.41) is 16.2. The van der Waals surface area contributed by atoms with Gasteiger partial charge in [0.15, 0.2) is 0 Å². The molecule has 0 bridgehead atoms. The molecule has 0 radical (unpaired) electrons. The van der Waals surface area contributed by atoms with Crippen molar-refractivity contribution in [2.45, 2.75) is 9.16 Å². The first-order chi connectivity index (χ1) is 9.59. The number of nitrogens with one attached hydrogen (secondary N) is 3. The van der Waals surface area contributed by atoms with Gasteiger partial charge in [0.1, 0.15) is 0 Å². The Kier molecular flexibility index (Phi) is 10.3. The van der Waals surface area contributed by atoms with Gasteiger partial charge in [-0.3, -0.25) is 5.43 Å². The Bertz CT molecular complexity index is 289. The summed E-state index contributed by atoms with van der Waals surface area (Å²) in [5.41, 5.74) is 2.47. The lowest BCUT2D eigenvalue weighted by Crippen LogP contribution is -2.28. The number of hydrogen-bond donors (Lipinski definition) is 6. The van der Waals surface area contributed by atoms with Crippen LogP contribution in [-0.4, -0.2) is 49.6 Å². The standard InChI is InChI=1S/C3H4N2O2S.2C3H7NS2/c6-3(7)5-4-1-2-8-5;2*5-3-1-4-2-6-3/h1-2,4H,(H,6,7);2*3-5H,1-2H2. The fourth-order valence-electron chi connectivity index (χ4n) is 1.11. The number of rotatable bonds is 0. The summed E-state index contributed by atoms with van der Waals surface area (Å²) in [7, 11) is 0.